The van der Waals surface area contributed by atoms with Gasteiger partial charge in [0.25, 0.3) is 5.92 Å². The van der Waals surface area contributed by atoms with Crippen LogP contribution in [0.25, 0.3) is 10.8 Å². The Morgan fingerprint density at radius 2 is 1.80 bits per heavy atom. The zero-order chi connectivity index (χ0) is 43.4. The van der Waals surface area contributed by atoms with Crippen molar-refractivity contribution in [1.82, 2.24) is 14.6 Å². The number of sulfonamides is 1. The molecular formula is C44H56F3N3O9S. The Balaban J connectivity index is 1.24. The number of halogens is 3. The molecular weight excluding hydrogens is 804 g/mol. The molecule has 1 saturated heterocycles. The van der Waals surface area contributed by atoms with E-state index < -0.39 is 105 Å². The summed E-state index contributed by atoms with van der Waals surface area (Å²) in [7, 11) is -4.39. The molecule has 16 heteroatoms. The molecule has 4 heterocycles. The molecule has 2 amide bonds. The second-order valence-corrected chi connectivity index (χ2v) is 20.6. The Kier molecular flexibility index (Phi) is 11.9. The molecule has 12 nitrogen and oxygen atoms in total. The first-order valence-corrected chi connectivity index (χ1v) is 22.6. The van der Waals surface area contributed by atoms with E-state index in [9.17, 15) is 40.8 Å². The van der Waals surface area contributed by atoms with Crippen molar-refractivity contribution in [2.75, 3.05) is 19.8 Å². The maximum Gasteiger partial charge on any atom is 0.307 e. The van der Waals surface area contributed by atoms with Crippen LogP contribution in [-0.4, -0.2) is 90.1 Å². The predicted octanol–water partition coefficient (Wildman–Crippen LogP) is 6.82. The fraction of sp³-hybridized carbons (Fsp3) is 0.659. The summed E-state index contributed by atoms with van der Waals surface area (Å²) in [5.41, 5.74) is -2.91. The van der Waals surface area contributed by atoms with Crippen molar-refractivity contribution in [3.05, 3.63) is 42.1 Å². The third kappa shape index (κ3) is 8.50. The fourth-order valence-electron chi connectivity index (χ4n) is 9.08. The van der Waals surface area contributed by atoms with Gasteiger partial charge in [0.2, 0.25) is 27.7 Å². The van der Waals surface area contributed by atoms with E-state index >= 15 is 0 Å². The molecule has 60 heavy (non-hydrogen) atoms. The third-order valence-corrected chi connectivity index (χ3v) is 15.7. The minimum Gasteiger partial charge on any atom is -0.491 e. The number of allylic oxidation sites excluding steroid dienone is 2. The first kappa shape index (κ1) is 43.9. The third-order valence-electron chi connectivity index (χ3n) is 13.6. The predicted molar refractivity (Wildman–Crippen MR) is 215 cm³/mol. The number of carbonyl (C=O) groups is 4. The lowest BCUT2D eigenvalue weighted by Gasteiger charge is -2.34. The Bertz CT molecular complexity index is 2170. The van der Waals surface area contributed by atoms with Crippen molar-refractivity contribution in [2.24, 2.45) is 29.1 Å². The van der Waals surface area contributed by atoms with E-state index in [0.29, 0.717) is 61.9 Å². The lowest BCUT2D eigenvalue weighted by molar-refractivity contribution is -0.197. The van der Waals surface area contributed by atoms with Gasteiger partial charge < -0.3 is 19.1 Å². The smallest absolute Gasteiger partial charge is 0.307 e. The van der Waals surface area contributed by atoms with Crippen molar-refractivity contribution in [3.8, 4) is 11.6 Å². The molecule has 5 aliphatic rings. The molecule has 2 aromatic rings. The van der Waals surface area contributed by atoms with E-state index in [1.165, 1.54) is 4.90 Å². The molecule has 1 aromatic heterocycles. The maximum atomic E-state index is 15.0. The Labute approximate surface area is 349 Å². The number of benzene rings is 1. The number of alkyl halides is 3. The second kappa shape index (κ2) is 16.2. The van der Waals surface area contributed by atoms with Crippen LogP contribution < -0.4 is 14.2 Å². The van der Waals surface area contributed by atoms with Gasteiger partial charge in [-0.15, -0.1) is 0 Å². The molecule has 0 bridgehead atoms. The van der Waals surface area contributed by atoms with Gasteiger partial charge in [0.1, 0.15) is 23.3 Å². The SMILES string of the molecule is C[C@@H]1CC/C=C\[C@@H]2C[C@@]2(C(=O)NS(=O)(=O)C2(CF)CC2)CC(=O)[C@@H]2C[C@@H](Oc3nc4c(c5ccccc35)OCCC4)CN2C(=O)[C@@H](CC(=O)OC(C)(C)C(C)(F)F)[C@H](C)C1. The molecule has 2 saturated carbocycles. The monoisotopic (exact) mass is 859 g/mol. The van der Waals surface area contributed by atoms with Crippen LogP contribution in [0.2, 0.25) is 0 Å². The summed E-state index contributed by atoms with van der Waals surface area (Å²) in [4.78, 5) is 63.5. The molecule has 3 fully saturated rings. The molecule has 2 aliphatic carbocycles. The van der Waals surface area contributed by atoms with Crippen LogP contribution in [0.15, 0.2) is 36.4 Å². The van der Waals surface area contributed by atoms with Crippen molar-refractivity contribution < 1.29 is 55.0 Å². The molecule has 1 aromatic carbocycles. The second-order valence-electron chi connectivity index (χ2n) is 18.5. The number of ketones is 1. The van der Waals surface area contributed by atoms with Crippen molar-refractivity contribution >= 4 is 44.4 Å². The fourth-order valence-corrected chi connectivity index (χ4v) is 10.5. The van der Waals surface area contributed by atoms with Gasteiger partial charge in [-0.2, -0.15) is 0 Å². The van der Waals surface area contributed by atoms with Crippen molar-refractivity contribution in [2.45, 2.75) is 134 Å². The number of fused-ring (bicyclic) bond motifs is 5. The van der Waals surface area contributed by atoms with Crippen LogP contribution in [-0.2, 0) is 40.4 Å². The lowest BCUT2D eigenvalue weighted by Crippen LogP contribution is -2.49. The van der Waals surface area contributed by atoms with Crippen LogP contribution in [0.5, 0.6) is 11.6 Å². The first-order valence-electron chi connectivity index (χ1n) is 21.1. The summed E-state index contributed by atoms with van der Waals surface area (Å²) < 4.78 is 87.7. The highest BCUT2D eigenvalue weighted by molar-refractivity contribution is 7.91. The highest BCUT2D eigenvalue weighted by Gasteiger charge is 2.63. The zero-order valence-corrected chi connectivity index (χ0v) is 35.8. The summed E-state index contributed by atoms with van der Waals surface area (Å²) in [5, 5.41) is 1.47. The summed E-state index contributed by atoms with van der Waals surface area (Å²) >= 11 is 0. The minimum atomic E-state index is -4.39. The topological polar surface area (TPSA) is 158 Å². The van der Waals surface area contributed by atoms with Crippen LogP contribution in [0.4, 0.5) is 13.2 Å². The largest absolute Gasteiger partial charge is 0.491 e. The number of esters is 1. The van der Waals surface area contributed by atoms with Gasteiger partial charge in [-0.3, -0.25) is 23.9 Å². The van der Waals surface area contributed by atoms with E-state index in [0.717, 1.165) is 25.7 Å². The number of aryl methyl sites for hydroxylation is 1. The number of nitrogens with zero attached hydrogens (tertiary/aromatic N) is 2. The average molecular weight is 860 g/mol. The Morgan fingerprint density at radius 1 is 1.08 bits per heavy atom. The minimum absolute atomic E-state index is 0.00727. The standard InChI is InChI=1S/C44H56F3N3O9S/c1-26-11-6-7-12-28-22-44(28,40(54)49-60(55,56)43(25-45)16-17-43)23-35(51)34-20-29(58-38-31-14-9-8-13-30(31)37-33(48-38)15-10-18-57-37)24-50(34)39(53)32(27(2)19-26)21-36(52)59-41(3,4)42(5,46)47/h7-9,12-14,26-29,32,34H,6,10-11,15-25H2,1-5H3,(H,49,54)/b12-7-/t26-,27-,28-,29-,32+,34+,44-/m1/s1. The van der Waals surface area contributed by atoms with Gasteiger partial charge in [0.15, 0.2) is 11.4 Å². The number of pyridine rings is 1. The molecule has 7 atom stereocenters. The molecule has 0 radical (unpaired) electrons. The average Bonchev–Trinajstić information content (AvgIpc) is 4.09. The highest BCUT2D eigenvalue weighted by Crippen LogP contribution is 2.58. The van der Waals surface area contributed by atoms with Gasteiger partial charge in [0, 0.05) is 30.5 Å². The number of hydrogen-bond acceptors (Lipinski definition) is 10. The molecule has 328 valence electrons. The number of amides is 2. The number of Topliss-reactive ketones (excluding diaryl/α,β-unsaturated/α-hetero) is 1. The maximum absolute atomic E-state index is 15.0. The Morgan fingerprint density at radius 3 is 2.48 bits per heavy atom. The van der Waals surface area contributed by atoms with Gasteiger partial charge >= 0.3 is 5.97 Å². The summed E-state index contributed by atoms with van der Waals surface area (Å²) in [6.45, 7) is 6.01. The summed E-state index contributed by atoms with van der Waals surface area (Å²) in [5.74, 6) is -7.30. The number of hydrogen-bond donors (Lipinski definition) is 1. The highest BCUT2D eigenvalue weighted by atomic mass is 32.2. The van der Waals surface area contributed by atoms with Crippen LogP contribution in [0, 0.1) is 29.1 Å². The number of carbonyl (C=O) groups excluding carboxylic acids is 4. The Hall–Kier alpha value is -4.21. The zero-order valence-electron chi connectivity index (χ0n) is 34.9. The van der Waals surface area contributed by atoms with E-state index in [-0.39, 0.29) is 38.1 Å². The molecule has 0 spiro atoms. The first-order chi connectivity index (χ1) is 28.2. The molecule has 1 N–H and O–H groups in total. The van der Waals surface area contributed by atoms with Gasteiger partial charge in [-0.1, -0.05) is 44.2 Å². The quantitative estimate of drug-likeness (QED) is 0.199. The summed E-state index contributed by atoms with van der Waals surface area (Å²) in [6.07, 6.45) is 5.52. The van der Waals surface area contributed by atoms with Gasteiger partial charge in [-0.05, 0) is 89.0 Å². The molecule has 0 unspecified atom stereocenters. The van der Waals surface area contributed by atoms with Crippen LogP contribution in [0.3, 0.4) is 0 Å². The summed E-state index contributed by atoms with van der Waals surface area (Å²) in [6, 6.07) is 6.31. The van der Waals surface area contributed by atoms with Crippen molar-refractivity contribution in [1.29, 1.82) is 0 Å². The molecule has 3 aliphatic heterocycles. The number of rotatable bonds is 10. The number of nitrogens with one attached hydrogen (secondary N) is 1. The van der Waals surface area contributed by atoms with E-state index in [4.69, 9.17) is 19.2 Å². The van der Waals surface area contributed by atoms with E-state index in [1.54, 1.807) is 0 Å². The van der Waals surface area contributed by atoms with E-state index in [2.05, 4.69) is 4.72 Å². The van der Waals surface area contributed by atoms with Crippen LogP contribution >= 0.6 is 0 Å². The normalized spacial score (nSPS) is 30.1. The van der Waals surface area contributed by atoms with E-state index in [1.807, 2.05) is 50.3 Å². The van der Waals surface area contributed by atoms with Gasteiger partial charge in [0.05, 0.1) is 42.6 Å². The molecule has 7 rings (SSSR count). The lowest BCUT2D eigenvalue weighted by atomic mass is 9.82. The van der Waals surface area contributed by atoms with Gasteiger partial charge in [-0.25, -0.2) is 26.6 Å². The number of ether oxygens (including phenoxy) is 3. The number of aromatic nitrogens is 1. The van der Waals surface area contributed by atoms with Crippen LogP contribution in [0.1, 0.15) is 105 Å². The van der Waals surface area contributed by atoms with Crippen molar-refractivity contribution in [3.63, 3.8) is 0 Å².